The standard InChI is InChI=1S/C20H22N2O/c1-15(23)22-19(20(2,3)14-21-22)18(16-10-6-4-7-11-16)17-12-8-5-9-13-17/h4-14,18-19H,1-3H3. The molecule has 0 N–H and O–H groups in total. The average molecular weight is 306 g/mol. The third-order valence-corrected chi connectivity index (χ3v) is 4.50. The third kappa shape index (κ3) is 2.91. The summed E-state index contributed by atoms with van der Waals surface area (Å²) in [5.74, 6) is 0.0625. The summed E-state index contributed by atoms with van der Waals surface area (Å²) in [6.45, 7) is 5.87. The summed E-state index contributed by atoms with van der Waals surface area (Å²) in [6, 6.07) is 20.7. The molecular formula is C20H22N2O. The topological polar surface area (TPSA) is 32.7 Å². The van der Waals surface area contributed by atoms with Crippen LogP contribution in [0.15, 0.2) is 65.8 Å². The van der Waals surface area contributed by atoms with Crippen molar-refractivity contribution in [3.05, 3.63) is 71.8 Å². The van der Waals surface area contributed by atoms with Gasteiger partial charge < -0.3 is 0 Å². The zero-order valence-electron chi connectivity index (χ0n) is 13.8. The fourth-order valence-corrected chi connectivity index (χ4v) is 3.40. The van der Waals surface area contributed by atoms with Gasteiger partial charge >= 0.3 is 0 Å². The van der Waals surface area contributed by atoms with Crippen LogP contribution in [0.4, 0.5) is 0 Å². The van der Waals surface area contributed by atoms with Gasteiger partial charge in [0.15, 0.2) is 0 Å². The fraction of sp³-hybridized carbons (Fsp3) is 0.300. The lowest BCUT2D eigenvalue weighted by Gasteiger charge is -2.37. The zero-order chi connectivity index (χ0) is 16.4. The monoisotopic (exact) mass is 306 g/mol. The minimum Gasteiger partial charge on any atom is -0.273 e. The van der Waals surface area contributed by atoms with E-state index < -0.39 is 0 Å². The highest BCUT2D eigenvalue weighted by Crippen LogP contribution is 2.42. The smallest absolute Gasteiger partial charge is 0.239 e. The normalized spacial score (nSPS) is 19.3. The molecule has 23 heavy (non-hydrogen) atoms. The van der Waals surface area contributed by atoms with E-state index >= 15 is 0 Å². The number of hydrazone groups is 1. The van der Waals surface area contributed by atoms with E-state index in [2.05, 4.69) is 43.2 Å². The highest BCUT2D eigenvalue weighted by Gasteiger charge is 2.45. The van der Waals surface area contributed by atoms with Crippen LogP contribution in [0.2, 0.25) is 0 Å². The van der Waals surface area contributed by atoms with Crippen LogP contribution in [-0.2, 0) is 4.79 Å². The Morgan fingerprint density at radius 2 is 1.48 bits per heavy atom. The van der Waals surface area contributed by atoms with E-state index in [0.29, 0.717) is 0 Å². The van der Waals surface area contributed by atoms with Crippen LogP contribution in [0.1, 0.15) is 37.8 Å². The van der Waals surface area contributed by atoms with Crippen LogP contribution in [0.5, 0.6) is 0 Å². The summed E-state index contributed by atoms with van der Waals surface area (Å²) < 4.78 is 0. The van der Waals surface area contributed by atoms with Crippen LogP contribution in [0.3, 0.4) is 0 Å². The van der Waals surface area contributed by atoms with Crippen molar-refractivity contribution in [3.63, 3.8) is 0 Å². The van der Waals surface area contributed by atoms with Crippen LogP contribution < -0.4 is 0 Å². The Morgan fingerprint density at radius 1 is 1.00 bits per heavy atom. The molecule has 0 saturated heterocycles. The molecule has 0 aliphatic carbocycles. The molecule has 118 valence electrons. The van der Waals surface area contributed by atoms with Crippen molar-refractivity contribution in [1.82, 2.24) is 5.01 Å². The first kappa shape index (κ1) is 15.5. The van der Waals surface area contributed by atoms with Crippen LogP contribution in [0, 0.1) is 5.41 Å². The van der Waals surface area contributed by atoms with Crippen LogP contribution >= 0.6 is 0 Å². The first-order valence-electron chi connectivity index (χ1n) is 7.95. The average Bonchev–Trinajstić information content (AvgIpc) is 2.86. The molecule has 0 bridgehead atoms. The number of rotatable bonds is 3. The number of carbonyl (C=O) groups excluding carboxylic acids is 1. The molecular weight excluding hydrogens is 284 g/mol. The molecule has 0 aromatic heterocycles. The lowest BCUT2D eigenvalue weighted by atomic mass is 9.73. The van der Waals surface area contributed by atoms with Gasteiger partial charge in [-0.25, -0.2) is 5.01 Å². The van der Waals surface area contributed by atoms with Crippen molar-refractivity contribution < 1.29 is 4.79 Å². The van der Waals surface area contributed by atoms with Gasteiger partial charge in [-0.3, -0.25) is 4.79 Å². The van der Waals surface area contributed by atoms with E-state index in [1.54, 1.807) is 11.9 Å². The maximum Gasteiger partial charge on any atom is 0.239 e. The fourth-order valence-electron chi connectivity index (χ4n) is 3.40. The molecule has 1 atom stereocenters. The summed E-state index contributed by atoms with van der Waals surface area (Å²) in [4.78, 5) is 12.1. The van der Waals surface area contributed by atoms with Gasteiger partial charge in [-0.15, -0.1) is 0 Å². The molecule has 3 heteroatoms. The lowest BCUT2D eigenvalue weighted by molar-refractivity contribution is -0.132. The van der Waals surface area contributed by atoms with E-state index in [1.165, 1.54) is 11.1 Å². The molecule has 1 aliphatic rings. The summed E-state index contributed by atoms with van der Waals surface area (Å²) in [6.07, 6.45) is 1.90. The highest BCUT2D eigenvalue weighted by molar-refractivity contribution is 5.80. The van der Waals surface area contributed by atoms with Crippen molar-refractivity contribution in [3.8, 4) is 0 Å². The molecule has 2 aromatic carbocycles. The molecule has 3 rings (SSSR count). The van der Waals surface area contributed by atoms with E-state index in [1.807, 2.05) is 42.6 Å². The van der Waals surface area contributed by atoms with E-state index in [4.69, 9.17) is 0 Å². The second kappa shape index (κ2) is 5.99. The summed E-state index contributed by atoms with van der Waals surface area (Å²) in [7, 11) is 0. The molecule has 1 amide bonds. The zero-order valence-corrected chi connectivity index (χ0v) is 13.8. The van der Waals surface area contributed by atoms with E-state index in [0.717, 1.165) is 0 Å². The molecule has 1 aliphatic heterocycles. The Morgan fingerprint density at radius 3 is 1.91 bits per heavy atom. The minimum atomic E-state index is -0.192. The van der Waals surface area contributed by atoms with Gasteiger partial charge in [-0.05, 0) is 11.1 Å². The van der Waals surface area contributed by atoms with Gasteiger partial charge in [0.05, 0.1) is 6.04 Å². The van der Waals surface area contributed by atoms with Crippen LogP contribution in [-0.4, -0.2) is 23.2 Å². The molecule has 1 heterocycles. The first-order chi connectivity index (χ1) is 11.0. The molecule has 0 spiro atoms. The number of hydrogen-bond donors (Lipinski definition) is 0. The van der Waals surface area contributed by atoms with Gasteiger partial charge in [0.25, 0.3) is 0 Å². The molecule has 3 nitrogen and oxygen atoms in total. The maximum absolute atomic E-state index is 12.1. The predicted octanol–water partition coefficient (Wildman–Crippen LogP) is 4.06. The van der Waals surface area contributed by atoms with Crippen molar-refractivity contribution >= 4 is 12.1 Å². The molecule has 2 aromatic rings. The number of amides is 1. The van der Waals surface area contributed by atoms with Gasteiger partial charge in [-0.1, -0.05) is 74.5 Å². The molecule has 0 radical (unpaired) electrons. The Hall–Kier alpha value is -2.42. The Kier molecular flexibility index (Phi) is 4.03. The van der Waals surface area contributed by atoms with Gasteiger partial charge in [0.2, 0.25) is 5.91 Å². The quantitative estimate of drug-likeness (QED) is 0.841. The SMILES string of the molecule is CC(=O)N1N=CC(C)(C)C1C(c1ccccc1)c1ccccc1. The molecule has 1 unspecified atom stereocenters. The Bertz CT molecular complexity index is 667. The number of hydrogen-bond acceptors (Lipinski definition) is 2. The predicted molar refractivity (Wildman–Crippen MR) is 93.3 cm³/mol. The number of benzene rings is 2. The van der Waals surface area contributed by atoms with Gasteiger partial charge in [-0.2, -0.15) is 5.10 Å². The second-order valence-corrected chi connectivity index (χ2v) is 6.67. The maximum atomic E-state index is 12.1. The Labute approximate surface area is 137 Å². The van der Waals surface area contributed by atoms with Crippen molar-refractivity contribution in [2.75, 3.05) is 0 Å². The minimum absolute atomic E-state index is 0.0197. The summed E-state index contributed by atoms with van der Waals surface area (Å²) in [5.41, 5.74) is 2.21. The molecule has 0 saturated carbocycles. The Balaban J connectivity index is 2.13. The third-order valence-electron chi connectivity index (χ3n) is 4.50. The van der Waals surface area contributed by atoms with Crippen molar-refractivity contribution in [2.45, 2.75) is 32.7 Å². The van der Waals surface area contributed by atoms with Gasteiger partial charge in [0, 0.05) is 24.5 Å². The van der Waals surface area contributed by atoms with Crippen LogP contribution in [0.25, 0.3) is 0 Å². The van der Waals surface area contributed by atoms with E-state index in [9.17, 15) is 4.79 Å². The largest absolute Gasteiger partial charge is 0.273 e. The number of nitrogens with zero attached hydrogens (tertiary/aromatic N) is 2. The number of carbonyl (C=O) groups is 1. The van der Waals surface area contributed by atoms with Crippen molar-refractivity contribution in [1.29, 1.82) is 0 Å². The first-order valence-corrected chi connectivity index (χ1v) is 7.95. The summed E-state index contributed by atoms with van der Waals surface area (Å²) in [5, 5.41) is 6.04. The lowest BCUT2D eigenvalue weighted by Crippen LogP contribution is -2.44. The summed E-state index contributed by atoms with van der Waals surface area (Å²) >= 11 is 0. The highest BCUT2D eigenvalue weighted by atomic mass is 16.2. The van der Waals surface area contributed by atoms with Crippen molar-refractivity contribution in [2.24, 2.45) is 10.5 Å². The van der Waals surface area contributed by atoms with Gasteiger partial charge in [0.1, 0.15) is 0 Å². The van der Waals surface area contributed by atoms with E-state index in [-0.39, 0.29) is 23.3 Å². The molecule has 0 fully saturated rings. The second-order valence-electron chi connectivity index (χ2n) is 6.67.